The Bertz CT molecular complexity index is 305. The third-order valence-electron chi connectivity index (χ3n) is 2.00. The number of benzene rings is 1. The molecule has 0 heterocycles. The van der Waals surface area contributed by atoms with Gasteiger partial charge in [0.25, 0.3) is 0 Å². The molecule has 3 nitrogen and oxygen atoms in total. The number of methoxy groups -OCH3 is 1. The molecule has 0 amide bonds. The number of halogens is 1. The standard InChI is InChI=1S/C11H16BrNO2/c1-14-10-3-4-11(12)9(7-10)8-15-6-2-5-13/h3-4,7H,2,5-6,8,13H2,1H3. The maximum Gasteiger partial charge on any atom is 0.119 e. The normalized spacial score (nSPS) is 10.3. The van der Waals surface area contributed by atoms with Gasteiger partial charge in [-0.3, -0.25) is 0 Å². The van der Waals surface area contributed by atoms with Crippen molar-refractivity contribution in [3.8, 4) is 5.75 Å². The number of ether oxygens (including phenoxy) is 2. The highest BCUT2D eigenvalue weighted by Gasteiger charge is 2.01. The molecule has 0 aliphatic carbocycles. The minimum atomic E-state index is 0.581. The number of hydrogen-bond donors (Lipinski definition) is 1. The van der Waals surface area contributed by atoms with Crippen molar-refractivity contribution in [2.24, 2.45) is 5.73 Å². The van der Waals surface area contributed by atoms with Gasteiger partial charge in [0.15, 0.2) is 0 Å². The molecule has 0 aliphatic heterocycles. The molecule has 4 heteroatoms. The molecular formula is C11H16BrNO2. The van der Waals surface area contributed by atoms with Crippen LogP contribution in [0.15, 0.2) is 22.7 Å². The van der Waals surface area contributed by atoms with Crippen LogP contribution in [0.5, 0.6) is 5.75 Å². The Morgan fingerprint density at radius 1 is 1.40 bits per heavy atom. The van der Waals surface area contributed by atoms with Gasteiger partial charge >= 0.3 is 0 Å². The number of hydrogen-bond acceptors (Lipinski definition) is 3. The third-order valence-corrected chi connectivity index (χ3v) is 2.78. The van der Waals surface area contributed by atoms with Crippen molar-refractivity contribution in [2.45, 2.75) is 13.0 Å². The van der Waals surface area contributed by atoms with E-state index in [2.05, 4.69) is 15.9 Å². The topological polar surface area (TPSA) is 44.5 Å². The molecule has 2 N–H and O–H groups in total. The van der Waals surface area contributed by atoms with Gasteiger partial charge in [-0.2, -0.15) is 0 Å². The Morgan fingerprint density at radius 3 is 2.87 bits per heavy atom. The zero-order valence-corrected chi connectivity index (χ0v) is 10.4. The molecule has 84 valence electrons. The van der Waals surface area contributed by atoms with Crippen LogP contribution in [0.2, 0.25) is 0 Å². The van der Waals surface area contributed by atoms with Crippen molar-refractivity contribution in [3.05, 3.63) is 28.2 Å². The Balaban J connectivity index is 2.51. The Morgan fingerprint density at radius 2 is 2.20 bits per heavy atom. The van der Waals surface area contributed by atoms with Gasteiger partial charge in [-0.1, -0.05) is 15.9 Å². The molecule has 0 saturated carbocycles. The van der Waals surface area contributed by atoms with E-state index in [0.29, 0.717) is 19.8 Å². The van der Waals surface area contributed by atoms with E-state index in [9.17, 15) is 0 Å². The van der Waals surface area contributed by atoms with E-state index in [1.807, 2.05) is 18.2 Å². The van der Waals surface area contributed by atoms with Crippen molar-refractivity contribution in [1.82, 2.24) is 0 Å². The lowest BCUT2D eigenvalue weighted by atomic mass is 10.2. The summed E-state index contributed by atoms with van der Waals surface area (Å²) in [5.41, 5.74) is 6.46. The lowest BCUT2D eigenvalue weighted by Gasteiger charge is -2.07. The molecule has 0 unspecified atom stereocenters. The van der Waals surface area contributed by atoms with E-state index in [-0.39, 0.29) is 0 Å². The molecule has 15 heavy (non-hydrogen) atoms. The summed E-state index contributed by atoms with van der Waals surface area (Å²) in [7, 11) is 1.66. The summed E-state index contributed by atoms with van der Waals surface area (Å²) in [5, 5.41) is 0. The van der Waals surface area contributed by atoms with E-state index >= 15 is 0 Å². The van der Waals surface area contributed by atoms with E-state index in [4.69, 9.17) is 15.2 Å². The summed E-state index contributed by atoms with van der Waals surface area (Å²) < 4.78 is 11.7. The fraction of sp³-hybridized carbons (Fsp3) is 0.455. The highest BCUT2D eigenvalue weighted by atomic mass is 79.9. The van der Waals surface area contributed by atoms with Crippen LogP contribution in [0.25, 0.3) is 0 Å². The first-order valence-electron chi connectivity index (χ1n) is 4.88. The Labute approximate surface area is 98.7 Å². The maximum atomic E-state index is 5.47. The molecule has 0 aliphatic rings. The highest BCUT2D eigenvalue weighted by molar-refractivity contribution is 9.10. The average Bonchev–Trinajstić information content (AvgIpc) is 2.26. The molecular weight excluding hydrogens is 258 g/mol. The molecule has 0 spiro atoms. The van der Waals surface area contributed by atoms with Crippen LogP contribution in [0, 0.1) is 0 Å². The number of rotatable bonds is 6. The van der Waals surface area contributed by atoms with Crippen LogP contribution in [-0.2, 0) is 11.3 Å². The summed E-state index contributed by atoms with van der Waals surface area (Å²) in [4.78, 5) is 0. The SMILES string of the molecule is COc1ccc(Br)c(COCCCN)c1. The van der Waals surface area contributed by atoms with Crippen LogP contribution >= 0.6 is 15.9 Å². The minimum absolute atomic E-state index is 0.581. The first-order valence-corrected chi connectivity index (χ1v) is 5.67. The predicted octanol–water partition coefficient (Wildman–Crippen LogP) is 2.32. The molecule has 0 saturated heterocycles. The molecule has 1 rings (SSSR count). The Hall–Kier alpha value is -0.580. The molecule has 0 aromatic heterocycles. The number of nitrogens with two attached hydrogens (primary N) is 1. The van der Waals surface area contributed by atoms with Gasteiger partial charge in [-0.25, -0.2) is 0 Å². The molecule has 1 aromatic rings. The van der Waals surface area contributed by atoms with Gasteiger partial charge in [0.05, 0.1) is 13.7 Å². The fourth-order valence-corrected chi connectivity index (χ4v) is 1.52. The van der Waals surface area contributed by atoms with E-state index in [0.717, 1.165) is 22.2 Å². The fourth-order valence-electron chi connectivity index (χ4n) is 1.16. The zero-order valence-electron chi connectivity index (χ0n) is 8.83. The van der Waals surface area contributed by atoms with Gasteiger partial charge < -0.3 is 15.2 Å². The smallest absolute Gasteiger partial charge is 0.119 e. The van der Waals surface area contributed by atoms with E-state index < -0.39 is 0 Å². The van der Waals surface area contributed by atoms with Crippen molar-refractivity contribution >= 4 is 15.9 Å². The van der Waals surface area contributed by atoms with Crippen molar-refractivity contribution < 1.29 is 9.47 Å². The third kappa shape index (κ3) is 4.20. The molecule has 1 aromatic carbocycles. The largest absolute Gasteiger partial charge is 0.497 e. The predicted molar refractivity (Wildman–Crippen MR) is 64.0 cm³/mol. The van der Waals surface area contributed by atoms with Gasteiger partial charge in [0, 0.05) is 11.1 Å². The molecule has 0 bridgehead atoms. The van der Waals surface area contributed by atoms with E-state index in [1.54, 1.807) is 7.11 Å². The summed E-state index contributed by atoms with van der Waals surface area (Å²) in [6.45, 7) is 1.94. The summed E-state index contributed by atoms with van der Waals surface area (Å²) >= 11 is 3.47. The zero-order chi connectivity index (χ0) is 11.1. The van der Waals surface area contributed by atoms with Crippen LogP contribution in [0.3, 0.4) is 0 Å². The van der Waals surface area contributed by atoms with E-state index in [1.165, 1.54) is 0 Å². The van der Waals surface area contributed by atoms with Crippen LogP contribution in [0.1, 0.15) is 12.0 Å². The quantitative estimate of drug-likeness (QED) is 0.810. The van der Waals surface area contributed by atoms with Gasteiger partial charge in [-0.15, -0.1) is 0 Å². The van der Waals surface area contributed by atoms with Crippen LogP contribution < -0.4 is 10.5 Å². The summed E-state index contributed by atoms with van der Waals surface area (Å²) in [6.07, 6.45) is 0.890. The van der Waals surface area contributed by atoms with Gasteiger partial charge in [0.1, 0.15) is 5.75 Å². The van der Waals surface area contributed by atoms with Crippen molar-refractivity contribution in [2.75, 3.05) is 20.3 Å². The second-order valence-corrected chi connectivity index (χ2v) is 4.01. The van der Waals surface area contributed by atoms with Gasteiger partial charge in [0.2, 0.25) is 0 Å². The lowest BCUT2D eigenvalue weighted by Crippen LogP contribution is -2.04. The second-order valence-electron chi connectivity index (χ2n) is 3.15. The Kier molecular flexibility index (Phi) is 5.68. The maximum absolute atomic E-state index is 5.47. The molecule has 0 fully saturated rings. The highest BCUT2D eigenvalue weighted by Crippen LogP contribution is 2.23. The second kappa shape index (κ2) is 6.82. The summed E-state index contributed by atoms with van der Waals surface area (Å²) in [6, 6.07) is 5.83. The van der Waals surface area contributed by atoms with Crippen LogP contribution in [-0.4, -0.2) is 20.3 Å². The lowest BCUT2D eigenvalue weighted by molar-refractivity contribution is 0.119. The molecule has 0 atom stereocenters. The first kappa shape index (κ1) is 12.5. The minimum Gasteiger partial charge on any atom is -0.497 e. The van der Waals surface area contributed by atoms with Crippen molar-refractivity contribution in [1.29, 1.82) is 0 Å². The summed E-state index contributed by atoms with van der Waals surface area (Å²) in [5.74, 6) is 0.843. The van der Waals surface area contributed by atoms with Gasteiger partial charge in [-0.05, 0) is 36.7 Å². The average molecular weight is 274 g/mol. The monoisotopic (exact) mass is 273 g/mol. The molecule has 0 radical (unpaired) electrons. The van der Waals surface area contributed by atoms with Crippen LogP contribution in [0.4, 0.5) is 0 Å². The van der Waals surface area contributed by atoms with Crippen molar-refractivity contribution in [3.63, 3.8) is 0 Å². The first-order chi connectivity index (χ1) is 7.27.